The molecule has 6 heteroatoms. The molecule has 0 saturated heterocycles. The highest BCUT2D eigenvalue weighted by molar-refractivity contribution is 5.89. The van der Waals surface area contributed by atoms with Crippen molar-refractivity contribution < 1.29 is 27.8 Å². The van der Waals surface area contributed by atoms with Crippen molar-refractivity contribution in [2.75, 3.05) is 0 Å². The lowest BCUT2D eigenvalue weighted by Crippen LogP contribution is -2.09. The van der Waals surface area contributed by atoms with E-state index in [0.29, 0.717) is 11.1 Å². The van der Waals surface area contributed by atoms with Crippen LogP contribution in [0.3, 0.4) is 0 Å². The molecule has 0 amide bonds. The first-order valence-electron chi connectivity index (χ1n) is 6.97. The Hall–Kier alpha value is -3.02. The van der Waals surface area contributed by atoms with E-state index >= 15 is 0 Å². The molecule has 0 saturated carbocycles. The van der Waals surface area contributed by atoms with Crippen molar-refractivity contribution in [2.45, 2.75) is 13.3 Å². The minimum Gasteiger partial charge on any atom is -0.430 e. The van der Waals surface area contributed by atoms with Crippen LogP contribution in [0.25, 0.3) is 5.57 Å². The number of hydrogen-bond donors (Lipinski definition) is 0. The second-order valence-electron chi connectivity index (χ2n) is 5.01. The highest BCUT2D eigenvalue weighted by atomic mass is 19.1. The fourth-order valence-corrected chi connectivity index (χ4v) is 1.95. The summed E-state index contributed by atoms with van der Waals surface area (Å²) in [6.45, 7) is 5.01. The summed E-state index contributed by atoms with van der Waals surface area (Å²) >= 11 is 0. The van der Waals surface area contributed by atoms with Crippen LogP contribution in [-0.2, 0) is 14.3 Å². The molecule has 0 unspecified atom stereocenters. The van der Waals surface area contributed by atoms with E-state index in [1.807, 2.05) is 0 Å². The summed E-state index contributed by atoms with van der Waals surface area (Å²) in [6.07, 6.45) is 4.40. The van der Waals surface area contributed by atoms with E-state index in [1.54, 1.807) is 12.2 Å². The molecule has 0 N–H and O–H groups in total. The van der Waals surface area contributed by atoms with Gasteiger partial charge in [0, 0.05) is 12.0 Å². The van der Waals surface area contributed by atoms with Crippen molar-refractivity contribution in [1.29, 1.82) is 0 Å². The van der Waals surface area contributed by atoms with Gasteiger partial charge in [0.25, 0.3) is 6.47 Å². The molecule has 2 rings (SSSR count). The first kappa shape index (κ1) is 17.3. The van der Waals surface area contributed by atoms with E-state index in [-0.39, 0.29) is 30.0 Å². The fourth-order valence-electron chi connectivity index (χ4n) is 1.95. The largest absolute Gasteiger partial charge is 0.430 e. The van der Waals surface area contributed by atoms with E-state index in [1.165, 1.54) is 19.1 Å². The topological polar surface area (TPSA) is 52.6 Å². The lowest BCUT2D eigenvalue weighted by molar-refractivity contribution is -0.130. The molecule has 0 fully saturated rings. The molecule has 0 bridgehead atoms. The molecule has 0 spiro atoms. The normalized spacial score (nSPS) is 13.9. The summed E-state index contributed by atoms with van der Waals surface area (Å²) in [5.74, 6) is -2.59. The third-order valence-corrected chi connectivity index (χ3v) is 3.16. The van der Waals surface area contributed by atoms with Crippen LogP contribution in [0.2, 0.25) is 0 Å². The zero-order valence-electron chi connectivity index (χ0n) is 12.8. The Morgan fingerprint density at radius 1 is 1.33 bits per heavy atom. The minimum atomic E-state index is -0.769. The van der Waals surface area contributed by atoms with Crippen LogP contribution in [0.5, 0.6) is 5.75 Å². The summed E-state index contributed by atoms with van der Waals surface area (Å²) in [4.78, 5) is 21.8. The van der Waals surface area contributed by atoms with Crippen LogP contribution in [0.15, 0.2) is 60.2 Å². The third-order valence-electron chi connectivity index (χ3n) is 3.16. The Kier molecular flexibility index (Phi) is 5.42. The molecule has 124 valence electrons. The van der Waals surface area contributed by atoms with E-state index < -0.39 is 17.6 Å². The average molecular weight is 332 g/mol. The van der Waals surface area contributed by atoms with Gasteiger partial charge in [-0.05, 0) is 36.3 Å². The van der Waals surface area contributed by atoms with Crippen molar-refractivity contribution in [2.24, 2.45) is 0 Å². The maximum atomic E-state index is 14.1. The zero-order valence-corrected chi connectivity index (χ0v) is 12.8. The highest BCUT2D eigenvalue weighted by Crippen LogP contribution is 2.28. The first-order valence-corrected chi connectivity index (χ1v) is 6.97. The quantitative estimate of drug-likeness (QED) is 0.354. The predicted octanol–water partition coefficient (Wildman–Crippen LogP) is 4.00. The van der Waals surface area contributed by atoms with Crippen LogP contribution in [-0.4, -0.2) is 12.4 Å². The molecule has 1 aromatic carbocycles. The number of benzene rings is 1. The van der Waals surface area contributed by atoms with Crippen LogP contribution in [0, 0.1) is 5.82 Å². The molecule has 0 aromatic heterocycles. The Morgan fingerprint density at radius 2 is 2.08 bits per heavy atom. The lowest BCUT2D eigenvalue weighted by atomic mass is 10.0. The van der Waals surface area contributed by atoms with Gasteiger partial charge < -0.3 is 9.47 Å². The second-order valence-corrected chi connectivity index (χ2v) is 5.01. The van der Waals surface area contributed by atoms with Crippen molar-refractivity contribution >= 4 is 18.0 Å². The lowest BCUT2D eigenvalue weighted by Gasteiger charge is -2.08. The van der Waals surface area contributed by atoms with Gasteiger partial charge in [-0.1, -0.05) is 24.8 Å². The van der Waals surface area contributed by atoms with Gasteiger partial charge in [-0.15, -0.1) is 0 Å². The van der Waals surface area contributed by atoms with Gasteiger partial charge in [-0.2, -0.15) is 0 Å². The highest BCUT2D eigenvalue weighted by Gasteiger charge is 2.14. The second kappa shape index (κ2) is 7.50. The standard InChI is InChI=1S/C18H14F2O4/c1-11(2)18(22)24-17-7-6-13(9-15(17)20)12-4-3-5-16(23-10-21)14(19)8-12/h3-4,6-10H,1,5H2,2H3. The van der Waals surface area contributed by atoms with Crippen LogP contribution in [0.1, 0.15) is 18.9 Å². The number of esters is 1. The number of carbonyl (C=O) groups excluding carboxylic acids is 2. The number of halogens is 2. The Morgan fingerprint density at radius 3 is 2.71 bits per heavy atom. The fraction of sp³-hybridized carbons (Fsp3) is 0.111. The zero-order chi connectivity index (χ0) is 17.7. The van der Waals surface area contributed by atoms with Crippen molar-refractivity contribution in [3.63, 3.8) is 0 Å². The minimum absolute atomic E-state index is 0.0986. The number of ether oxygens (including phenoxy) is 2. The van der Waals surface area contributed by atoms with Crippen LogP contribution >= 0.6 is 0 Å². The van der Waals surface area contributed by atoms with Crippen LogP contribution < -0.4 is 4.74 Å². The predicted molar refractivity (Wildman–Crippen MR) is 83.9 cm³/mol. The van der Waals surface area contributed by atoms with E-state index in [9.17, 15) is 18.4 Å². The SMILES string of the molecule is C=C(C)C(=O)Oc1ccc(C2=CC(F)=C(OC=O)CC=C2)cc1F. The van der Waals surface area contributed by atoms with Gasteiger partial charge >= 0.3 is 5.97 Å². The summed E-state index contributed by atoms with van der Waals surface area (Å²) in [7, 11) is 0. The van der Waals surface area contributed by atoms with Gasteiger partial charge in [0.05, 0.1) is 0 Å². The molecule has 0 atom stereocenters. The van der Waals surface area contributed by atoms with Crippen molar-refractivity contribution in [1.82, 2.24) is 0 Å². The molecule has 0 aliphatic heterocycles. The molecule has 0 radical (unpaired) electrons. The molecule has 1 aromatic rings. The maximum absolute atomic E-state index is 14.1. The smallest absolute Gasteiger partial charge is 0.338 e. The molecule has 0 heterocycles. The number of hydrogen-bond acceptors (Lipinski definition) is 4. The van der Waals surface area contributed by atoms with E-state index in [0.717, 1.165) is 12.1 Å². The molecule has 4 nitrogen and oxygen atoms in total. The molecular weight excluding hydrogens is 318 g/mol. The number of allylic oxidation sites excluding steroid dienone is 5. The Bertz CT molecular complexity index is 788. The number of rotatable bonds is 5. The molecule has 24 heavy (non-hydrogen) atoms. The first-order chi connectivity index (χ1) is 11.4. The van der Waals surface area contributed by atoms with Gasteiger partial charge in [0.1, 0.15) is 5.76 Å². The number of carbonyl (C=O) groups is 2. The van der Waals surface area contributed by atoms with Gasteiger partial charge in [0.15, 0.2) is 17.4 Å². The van der Waals surface area contributed by atoms with Crippen molar-refractivity contribution in [3.8, 4) is 5.75 Å². The molecular formula is C18H14F2O4. The van der Waals surface area contributed by atoms with E-state index in [4.69, 9.17) is 4.74 Å². The Balaban J connectivity index is 2.31. The maximum Gasteiger partial charge on any atom is 0.338 e. The average Bonchev–Trinajstić information content (AvgIpc) is 2.72. The van der Waals surface area contributed by atoms with Crippen molar-refractivity contribution in [3.05, 3.63) is 71.5 Å². The summed E-state index contributed by atoms with van der Waals surface area (Å²) in [6, 6.07) is 3.88. The van der Waals surface area contributed by atoms with Gasteiger partial charge in [0.2, 0.25) is 0 Å². The monoisotopic (exact) mass is 332 g/mol. The van der Waals surface area contributed by atoms with Gasteiger partial charge in [-0.3, -0.25) is 4.79 Å². The molecule has 1 aliphatic carbocycles. The van der Waals surface area contributed by atoms with Crippen LogP contribution in [0.4, 0.5) is 8.78 Å². The third kappa shape index (κ3) is 4.04. The Labute approximate surface area is 137 Å². The summed E-state index contributed by atoms with van der Waals surface area (Å²) in [5.41, 5.74) is 0.901. The van der Waals surface area contributed by atoms with Gasteiger partial charge in [-0.25, -0.2) is 13.6 Å². The molecule has 1 aliphatic rings. The summed E-state index contributed by atoms with van der Waals surface area (Å²) in [5, 5.41) is 0. The van der Waals surface area contributed by atoms with E-state index in [2.05, 4.69) is 11.3 Å². The summed E-state index contributed by atoms with van der Waals surface area (Å²) < 4.78 is 37.5.